The van der Waals surface area contributed by atoms with Crippen LogP contribution in [0.2, 0.25) is 36.3 Å². The second-order valence-corrected chi connectivity index (χ2v) is 24.0. The van der Waals surface area contributed by atoms with E-state index in [4.69, 9.17) is 23.9 Å². The normalized spacial score (nSPS) is 21.8. The number of fused-ring (bicyclic) bond motifs is 1. The Kier molecular flexibility index (Phi) is 10.9. The van der Waals surface area contributed by atoms with E-state index in [2.05, 4.69) is 98.0 Å². The van der Waals surface area contributed by atoms with Crippen molar-refractivity contribution in [3.05, 3.63) is 23.1 Å². The summed E-state index contributed by atoms with van der Waals surface area (Å²) >= 11 is 0. The zero-order valence-electron chi connectivity index (χ0n) is 27.8. The van der Waals surface area contributed by atoms with Crippen molar-refractivity contribution in [1.29, 1.82) is 0 Å². The van der Waals surface area contributed by atoms with Gasteiger partial charge in [-0.1, -0.05) is 60.5 Å². The Hall–Kier alpha value is -2.40. The van der Waals surface area contributed by atoms with E-state index in [9.17, 15) is 4.79 Å². The van der Waals surface area contributed by atoms with Gasteiger partial charge in [0.15, 0.2) is 39.8 Å². The van der Waals surface area contributed by atoms with Crippen molar-refractivity contribution in [2.24, 2.45) is 11.0 Å². The number of carbonyl (C=O) groups is 1. The summed E-state index contributed by atoms with van der Waals surface area (Å²) in [5, 5.41) is 6.45. The lowest BCUT2D eigenvalue weighted by atomic mass is 10.1. The Labute approximate surface area is 257 Å². The molecule has 0 saturated carbocycles. The highest BCUT2D eigenvalue weighted by molar-refractivity contribution is 6.74. The molecule has 3 rings (SSSR count). The first-order chi connectivity index (χ1) is 19.8. The molecule has 1 fully saturated rings. The van der Waals surface area contributed by atoms with E-state index in [0.29, 0.717) is 23.6 Å². The third kappa shape index (κ3) is 8.01. The van der Waals surface area contributed by atoms with Crippen molar-refractivity contribution >= 4 is 39.5 Å². The van der Waals surface area contributed by atoms with Crippen LogP contribution in [0.5, 0.6) is 0 Å². The van der Waals surface area contributed by atoms with Crippen LogP contribution in [-0.2, 0) is 23.1 Å². The summed E-state index contributed by atoms with van der Waals surface area (Å²) in [5.41, 5.74) is 9.77. The number of imidazole rings is 1. The third-order valence-corrected chi connectivity index (χ3v) is 17.9. The smallest absolute Gasteiger partial charge is 0.228 e. The molecule has 13 nitrogen and oxygen atoms in total. The molecule has 3 heterocycles. The van der Waals surface area contributed by atoms with E-state index in [1.54, 1.807) is 10.9 Å². The Morgan fingerprint density at radius 2 is 1.74 bits per heavy atom. The number of nitrogens with one attached hydrogen (secondary N) is 1. The molecule has 240 valence electrons. The maximum absolute atomic E-state index is 12.5. The van der Waals surface area contributed by atoms with Gasteiger partial charge in [-0.05, 0) is 41.8 Å². The van der Waals surface area contributed by atoms with Gasteiger partial charge in [-0.2, -0.15) is 0 Å². The fourth-order valence-electron chi connectivity index (χ4n) is 4.07. The van der Waals surface area contributed by atoms with Crippen LogP contribution in [0.3, 0.4) is 0 Å². The Morgan fingerprint density at radius 1 is 1.09 bits per heavy atom. The summed E-state index contributed by atoms with van der Waals surface area (Å²) < 4.78 is 28.7. The van der Waals surface area contributed by atoms with Crippen LogP contribution in [0, 0.1) is 5.92 Å². The Morgan fingerprint density at radius 3 is 2.33 bits per heavy atom. The molecular weight excluding hydrogens is 585 g/mol. The lowest BCUT2D eigenvalue weighted by molar-refractivity contribution is -0.118. The van der Waals surface area contributed by atoms with E-state index in [1.165, 1.54) is 6.33 Å². The van der Waals surface area contributed by atoms with Gasteiger partial charge in [0.2, 0.25) is 5.91 Å². The molecule has 1 amide bonds. The third-order valence-electron chi connectivity index (χ3n) is 8.90. The van der Waals surface area contributed by atoms with E-state index in [0.717, 1.165) is 0 Å². The van der Waals surface area contributed by atoms with Crippen LogP contribution in [0.1, 0.15) is 61.6 Å². The molecule has 0 spiro atoms. The summed E-state index contributed by atoms with van der Waals surface area (Å²) in [6.45, 7) is 26.3. The van der Waals surface area contributed by atoms with Gasteiger partial charge in [0.25, 0.3) is 0 Å². The van der Waals surface area contributed by atoms with Gasteiger partial charge in [0, 0.05) is 17.4 Å². The molecule has 1 saturated heterocycles. The highest BCUT2D eigenvalue weighted by Crippen LogP contribution is 2.44. The highest BCUT2D eigenvalue weighted by Gasteiger charge is 2.52. The largest absolute Gasteiger partial charge is 0.414 e. The maximum Gasteiger partial charge on any atom is 0.228 e. The lowest BCUT2D eigenvalue weighted by Gasteiger charge is -2.41. The molecule has 4 atom stereocenters. The molecule has 15 heteroatoms. The topological polar surface area (TPSA) is 158 Å². The Balaban J connectivity index is 2.08. The molecule has 1 N–H and O–H groups in total. The monoisotopic (exact) mass is 634 g/mol. The quantitative estimate of drug-likeness (QED) is 0.0920. The second kappa shape index (κ2) is 13.3. The van der Waals surface area contributed by atoms with E-state index in [1.807, 2.05) is 13.8 Å². The lowest BCUT2D eigenvalue weighted by Crippen LogP contribution is -2.51. The minimum Gasteiger partial charge on any atom is -0.414 e. The molecule has 1 aliphatic rings. The summed E-state index contributed by atoms with van der Waals surface area (Å²) in [7, 11) is -4.43. The summed E-state index contributed by atoms with van der Waals surface area (Å²) in [4.78, 5) is 28.7. The zero-order chi connectivity index (χ0) is 32.4. The van der Waals surface area contributed by atoms with Gasteiger partial charge in [-0.25, -0.2) is 15.0 Å². The van der Waals surface area contributed by atoms with Gasteiger partial charge in [0.05, 0.1) is 19.5 Å². The van der Waals surface area contributed by atoms with E-state index >= 15 is 0 Å². The minimum atomic E-state index is -2.31. The molecular formula is C28H50N8O5Si2. The summed E-state index contributed by atoms with van der Waals surface area (Å²) in [5.74, 6) is -0.0706. The maximum atomic E-state index is 12.5. The molecule has 0 aliphatic carbocycles. The first-order valence-corrected chi connectivity index (χ1v) is 20.7. The summed E-state index contributed by atoms with van der Waals surface area (Å²) in [6.07, 6.45) is 0.835. The highest BCUT2D eigenvalue weighted by atomic mass is 28.4. The van der Waals surface area contributed by atoms with Crippen molar-refractivity contribution in [2.75, 3.05) is 25.1 Å². The van der Waals surface area contributed by atoms with Gasteiger partial charge in [0.1, 0.15) is 24.6 Å². The van der Waals surface area contributed by atoms with Crippen LogP contribution in [0.15, 0.2) is 17.8 Å². The second-order valence-electron chi connectivity index (χ2n) is 14.5. The average Bonchev–Trinajstić information content (AvgIpc) is 3.45. The number of ether oxygens (including phenoxy) is 2. The summed E-state index contributed by atoms with van der Waals surface area (Å²) in [6, 6.07) is 0. The number of rotatable bonds is 12. The van der Waals surface area contributed by atoms with Gasteiger partial charge in [-0.15, -0.1) is 0 Å². The van der Waals surface area contributed by atoms with Gasteiger partial charge < -0.3 is 23.6 Å². The average molecular weight is 635 g/mol. The zero-order valence-corrected chi connectivity index (χ0v) is 29.8. The first kappa shape index (κ1) is 35.1. The van der Waals surface area contributed by atoms with Crippen molar-refractivity contribution in [2.45, 2.75) is 116 Å². The number of amides is 1. The van der Waals surface area contributed by atoms with Crippen LogP contribution >= 0.6 is 0 Å². The molecule has 0 unspecified atom stereocenters. The van der Waals surface area contributed by atoms with Crippen molar-refractivity contribution in [1.82, 2.24) is 19.5 Å². The number of anilines is 1. The Bertz CT molecular complexity index is 1310. The first-order valence-electron chi connectivity index (χ1n) is 14.9. The predicted molar refractivity (Wildman–Crippen MR) is 172 cm³/mol. The van der Waals surface area contributed by atoms with Crippen molar-refractivity contribution < 1.29 is 23.1 Å². The molecule has 0 radical (unpaired) electrons. The van der Waals surface area contributed by atoms with Crippen LogP contribution in [0.4, 0.5) is 5.82 Å². The number of hydrogen-bond donors (Lipinski definition) is 1. The van der Waals surface area contributed by atoms with Crippen LogP contribution in [-0.4, -0.2) is 80.1 Å². The number of hydrogen-bond acceptors (Lipinski definition) is 9. The molecule has 43 heavy (non-hydrogen) atoms. The molecule has 0 aromatic carbocycles. The number of carbonyl (C=O) groups excluding carboxylic acids is 1. The fraction of sp³-hybridized carbons (Fsp3) is 0.786. The van der Waals surface area contributed by atoms with E-state index in [-0.39, 0.29) is 35.1 Å². The minimum absolute atomic E-state index is 0.0142. The molecule has 1 aliphatic heterocycles. The van der Waals surface area contributed by atoms with Gasteiger partial charge >= 0.3 is 0 Å². The molecule has 0 bridgehead atoms. The van der Waals surface area contributed by atoms with E-state index < -0.39 is 41.2 Å². The standard InChI is InChI=1S/C28H50N8O5Si2/c1-18(2)25(37)34-23-20-24(31-16-30-23)36(17-32-20)26-22(38-14-13-33-35-29)21(41-43(11,12)28(6,7)8)19(40-26)15-39-42(9,10)27(3,4)5/h16-19,21-22,26H,13-15H2,1-12H3,(H,30,31,34,37)/t19-,21-,22-,26-/m1/s1. The fourth-order valence-corrected chi connectivity index (χ4v) is 6.41. The van der Waals surface area contributed by atoms with Crippen molar-refractivity contribution in [3.8, 4) is 0 Å². The number of aromatic nitrogens is 4. The van der Waals surface area contributed by atoms with Crippen molar-refractivity contribution in [3.63, 3.8) is 0 Å². The SMILES string of the molecule is CC(C)C(=O)Nc1ncnc2c1ncn2[C@@H]1O[C@H](CO[Si](C)(C)C(C)(C)C)[C@@H](O[Si](C)(C)C(C)(C)C)[C@H]1OCCN=[N+]=[N-]. The molecule has 2 aromatic rings. The molecule has 2 aromatic heterocycles. The van der Waals surface area contributed by atoms with Crippen LogP contribution in [0.25, 0.3) is 21.6 Å². The van der Waals surface area contributed by atoms with Gasteiger partial charge in [-0.3, -0.25) is 9.36 Å². The number of azide groups is 1. The number of nitrogens with zero attached hydrogens (tertiary/aromatic N) is 7. The van der Waals surface area contributed by atoms with Crippen LogP contribution < -0.4 is 5.32 Å². The predicted octanol–water partition coefficient (Wildman–Crippen LogP) is 6.43.